The van der Waals surface area contributed by atoms with E-state index in [0.717, 1.165) is 29.5 Å². The van der Waals surface area contributed by atoms with Gasteiger partial charge in [0.25, 0.3) is 0 Å². The standard InChI is InChI=1S/C24H28N4OS/c1-18-10-9-11-19(2)27(18)23(29)17-30-24-26-25-22(16-20-12-5-3-6-13-20)28(24)21-14-7-4-8-15-21/h3-8,12-15,18-19H,9-11,16-17H2,1-2H3/t18-,19-/m1/s1. The van der Waals surface area contributed by atoms with Crippen LogP contribution in [0.4, 0.5) is 0 Å². The topological polar surface area (TPSA) is 51.0 Å². The first-order valence-electron chi connectivity index (χ1n) is 10.6. The molecule has 1 saturated heterocycles. The average molecular weight is 421 g/mol. The molecule has 0 spiro atoms. The highest BCUT2D eigenvalue weighted by molar-refractivity contribution is 7.99. The van der Waals surface area contributed by atoms with Crippen molar-refractivity contribution in [3.63, 3.8) is 0 Å². The first kappa shape index (κ1) is 20.7. The molecule has 0 saturated carbocycles. The maximum absolute atomic E-state index is 13.0. The molecular weight excluding hydrogens is 392 g/mol. The van der Waals surface area contributed by atoms with Crippen LogP contribution in [0.1, 0.15) is 44.5 Å². The minimum Gasteiger partial charge on any atom is -0.337 e. The van der Waals surface area contributed by atoms with E-state index in [1.807, 2.05) is 36.4 Å². The van der Waals surface area contributed by atoms with Gasteiger partial charge in [-0.25, -0.2) is 0 Å². The number of piperidine rings is 1. The molecule has 0 radical (unpaired) electrons. The molecule has 0 N–H and O–H groups in total. The highest BCUT2D eigenvalue weighted by atomic mass is 32.2. The Bertz CT molecular complexity index is 963. The first-order valence-corrected chi connectivity index (χ1v) is 11.6. The number of rotatable bonds is 6. The van der Waals surface area contributed by atoms with Crippen LogP contribution in [0.2, 0.25) is 0 Å². The summed E-state index contributed by atoms with van der Waals surface area (Å²) in [7, 11) is 0. The zero-order valence-corrected chi connectivity index (χ0v) is 18.4. The second-order valence-corrected chi connectivity index (χ2v) is 8.89. The summed E-state index contributed by atoms with van der Waals surface area (Å²) in [5.74, 6) is 1.44. The molecule has 4 rings (SSSR count). The number of nitrogens with zero attached hydrogens (tertiary/aromatic N) is 4. The Balaban J connectivity index is 1.56. The number of para-hydroxylation sites is 1. The average Bonchev–Trinajstić information content (AvgIpc) is 3.16. The second kappa shape index (κ2) is 9.47. The minimum atomic E-state index is 0.187. The van der Waals surface area contributed by atoms with Crippen molar-refractivity contribution in [1.29, 1.82) is 0 Å². The van der Waals surface area contributed by atoms with Gasteiger partial charge < -0.3 is 4.90 Å². The van der Waals surface area contributed by atoms with Crippen LogP contribution in [0.5, 0.6) is 0 Å². The SMILES string of the molecule is C[C@@H]1CCC[C@@H](C)N1C(=O)CSc1nnc(Cc2ccccc2)n1-c1ccccc1. The molecule has 5 nitrogen and oxygen atoms in total. The fraction of sp³-hybridized carbons (Fsp3) is 0.375. The van der Waals surface area contributed by atoms with E-state index in [-0.39, 0.29) is 5.91 Å². The number of carbonyl (C=O) groups excluding carboxylic acids is 1. The van der Waals surface area contributed by atoms with E-state index in [0.29, 0.717) is 24.3 Å². The summed E-state index contributed by atoms with van der Waals surface area (Å²) in [5, 5.41) is 9.69. The summed E-state index contributed by atoms with van der Waals surface area (Å²) in [4.78, 5) is 15.0. The molecule has 2 aromatic carbocycles. The Morgan fingerprint density at radius 1 is 0.967 bits per heavy atom. The van der Waals surface area contributed by atoms with Crippen molar-refractivity contribution in [3.05, 3.63) is 72.1 Å². The van der Waals surface area contributed by atoms with E-state index in [2.05, 4.69) is 57.8 Å². The molecule has 0 unspecified atom stereocenters. The maximum Gasteiger partial charge on any atom is 0.233 e. The summed E-state index contributed by atoms with van der Waals surface area (Å²) in [5.41, 5.74) is 2.20. The number of carbonyl (C=O) groups is 1. The molecule has 0 bridgehead atoms. The Morgan fingerprint density at radius 2 is 1.60 bits per heavy atom. The van der Waals surface area contributed by atoms with Crippen molar-refractivity contribution in [3.8, 4) is 5.69 Å². The van der Waals surface area contributed by atoms with Crippen LogP contribution in [-0.2, 0) is 11.2 Å². The lowest BCUT2D eigenvalue weighted by Crippen LogP contribution is -2.48. The number of hydrogen-bond acceptors (Lipinski definition) is 4. The van der Waals surface area contributed by atoms with Crippen LogP contribution < -0.4 is 0 Å². The molecule has 1 aromatic heterocycles. The van der Waals surface area contributed by atoms with Crippen LogP contribution in [0.15, 0.2) is 65.8 Å². The summed E-state index contributed by atoms with van der Waals surface area (Å²) in [6, 6.07) is 21.0. The molecular formula is C24H28N4OS. The van der Waals surface area contributed by atoms with Crippen molar-refractivity contribution in [2.75, 3.05) is 5.75 Å². The molecule has 2 heterocycles. The molecule has 1 aliphatic heterocycles. The number of amides is 1. The molecule has 1 amide bonds. The van der Waals surface area contributed by atoms with Crippen LogP contribution in [0, 0.1) is 0 Å². The van der Waals surface area contributed by atoms with E-state index in [1.54, 1.807) is 0 Å². The smallest absolute Gasteiger partial charge is 0.233 e. The Labute approximate surface area is 182 Å². The minimum absolute atomic E-state index is 0.187. The Kier molecular flexibility index (Phi) is 6.53. The second-order valence-electron chi connectivity index (χ2n) is 7.95. The number of benzene rings is 2. The fourth-order valence-electron chi connectivity index (χ4n) is 4.24. The predicted molar refractivity (Wildman–Crippen MR) is 121 cm³/mol. The van der Waals surface area contributed by atoms with Crippen LogP contribution in [0.25, 0.3) is 5.69 Å². The van der Waals surface area contributed by atoms with Gasteiger partial charge in [0.2, 0.25) is 5.91 Å². The summed E-state index contributed by atoms with van der Waals surface area (Å²) < 4.78 is 2.08. The quantitative estimate of drug-likeness (QED) is 0.541. The fourth-order valence-corrected chi connectivity index (χ4v) is 5.08. The number of thioether (sulfide) groups is 1. The Morgan fingerprint density at radius 3 is 2.27 bits per heavy atom. The zero-order chi connectivity index (χ0) is 20.9. The number of likely N-dealkylation sites (tertiary alicyclic amines) is 1. The van der Waals surface area contributed by atoms with E-state index in [9.17, 15) is 4.79 Å². The van der Waals surface area contributed by atoms with E-state index >= 15 is 0 Å². The zero-order valence-electron chi connectivity index (χ0n) is 17.6. The molecule has 30 heavy (non-hydrogen) atoms. The van der Waals surface area contributed by atoms with Gasteiger partial charge in [-0.15, -0.1) is 10.2 Å². The number of aromatic nitrogens is 3. The molecule has 3 aromatic rings. The third-order valence-corrected chi connectivity index (χ3v) is 6.64. The van der Waals surface area contributed by atoms with Gasteiger partial charge in [-0.3, -0.25) is 9.36 Å². The molecule has 1 aliphatic rings. The maximum atomic E-state index is 13.0. The molecule has 0 aliphatic carbocycles. The van der Waals surface area contributed by atoms with Crippen LogP contribution in [-0.4, -0.2) is 43.4 Å². The van der Waals surface area contributed by atoms with Crippen molar-refractivity contribution in [2.24, 2.45) is 0 Å². The third kappa shape index (κ3) is 4.59. The molecule has 6 heteroatoms. The van der Waals surface area contributed by atoms with E-state index < -0.39 is 0 Å². The van der Waals surface area contributed by atoms with Gasteiger partial charge in [0, 0.05) is 24.2 Å². The molecule has 156 valence electrons. The molecule has 1 fully saturated rings. The van der Waals surface area contributed by atoms with Gasteiger partial charge in [0.1, 0.15) is 5.82 Å². The van der Waals surface area contributed by atoms with Crippen molar-refractivity contribution >= 4 is 17.7 Å². The highest BCUT2D eigenvalue weighted by Crippen LogP contribution is 2.27. The van der Waals surface area contributed by atoms with Crippen LogP contribution in [0.3, 0.4) is 0 Å². The summed E-state index contributed by atoms with van der Waals surface area (Å²) >= 11 is 1.48. The van der Waals surface area contributed by atoms with Gasteiger partial charge >= 0.3 is 0 Å². The van der Waals surface area contributed by atoms with Crippen molar-refractivity contribution in [1.82, 2.24) is 19.7 Å². The number of hydrogen-bond donors (Lipinski definition) is 0. The molecule has 2 atom stereocenters. The normalized spacial score (nSPS) is 19.1. The highest BCUT2D eigenvalue weighted by Gasteiger charge is 2.29. The lowest BCUT2D eigenvalue weighted by Gasteiger charge is -2.39. The van der Waals surface area contributed by atoms with Crippen molar-refractivity contribution < 1.29 is 4.79 Å². The lowest BCUT2D eigenvalue weighted by atomic mass is 9.98. The first-order chi connectivity index (χ1) is 14.6. The summed E-state index contributed by atoms with van der Waals surface area (Å²) in [6.07, 6.45) is 4.06. The predicted octanol–water partition coefficient (Wildman–Crippen LogP) is 4.74. The van der Waals surface area contributed by atoms with Crippen molar-refractivity contribution in [2.45, 2.75) is 56.8 Å². The Hall–Kier alpha value is -2.60. The largest absolute Gasteiger partial charge is 0.337 e. The summed E-state index contributed by atoms with van der Waals surface area (Å²) in [6.45, 7) is 4.31. The van der Waals surface area contributed by atoms with Gasteiger partial charge in [-0.1, -0.05) is 60.3 Å². The third-order valence-electron chi connectivity index (χ3n) is 5.73. The van der Waals surface area contributed by atoms with Gasteiger partial charge in [0.15, 0.2) is 5.16 Å². The lowest BCUT2D eigenvalue weighted by molar-refractivity contribution is -0.134. The van der Waals surface area contributed by atoms with Gasteiger partial charge in [-0.05, 0) is 50.8 Å². The van der Waals surface area contributed by atoms with Crippen LogP contribution >= 0.6 is 11.8 Å². The van der Waals surface area contributed by atoms with E-state index in [1.165, 1.54) is 23.7 Å². The van der Waals surface area contributed by atoms with E-state index in [4.69, 9.17) is 0 Å². The van der Waals surface area contributed by atoms with Gasteiger partial charge in [-0.2, -0.15) is 0 Å². The monoisotopic (exact) mass is 420 g/mol. The van der Waals surface area contributed by atoms with Gasteiger partial charge in [0.05, 0.1) is 5.75 Å².